The lowest BCUT2D eigenvalue weighted by Crippen LogP contribution is -2.48. The summed E-state index contributed by atoms with van der Waals surface area (Å²) in [6, 6.07) is 0. The lowest BCUT2D eigenvalue weighted by Gasteiger charge is -2.49. The number of Topliss-reactive ketones (excluding diaryl/α,β-unsaturated/α-hetero) is 1. The van der Waals surface area contributed by atoms with E-state index in [1.165, 1.54) is 11.1 Å². The maximum Gasteiger partial charge on any atom is 0.156 e. The van der Waals surface area contributed by atoms with Gasteiger partial charge >= 0.3 is 0 Å². The second-order valence-corrected chi connectivity index (χ2v) is 7.59. The minimum atomic E-state index is -0.384. The third-order valence-electron chi connectivity index (χ3n) is 6.90. The molecule has 4 nitrogen and oxygen atoms in total. The zero-order chi connectivity index (χ0) is 16.2. The zero-order valence-electron chi connectivity index (χ0n) is 13.6. The number of hydrogen-bond donors (Lipinski definition) is 1. The topological polar surface area (TPSA) is 63.6 Å². The van der Waals surface area contributed by atoms with Gasteiger partial charge in [0.05, 0.1) is 0 Å². The summed E-state index contributed by atoms with van der Waals surface area (Å²) in [5, 5.41) is 9.56. The summed E-state index contributed by atoms with van der Waals surface area (Å²) in [7, 11) is 0. The van der Waals surface area contributed by atoms with E-state index in [1.54, 1.807) is 6.08 Å². The summed E-state index contributed by atoms with van der Waals surface area (Å²) in [5.41, 5.74) is 3.27. The van der Waals surface area contributed by atoms with E-state index < -0.39 is 0 Å². The summed E-state index contributed by atoms with van der Waals surface area (Å²) in [6.07, 6.45) is 7.65. The molecule has 2 saturated carbocycles. The molecule has 0 spiro atoms. The Morgan fingerprint density at radius 3 is 2.78 bits per heavy atom. The monoisotopic (exact) mass is 316 g/mol. The molecule has 4 aliphatic carbocycles. The molecule has 4 heteroatoms. The van der Waals surface area contributed by atoms with E-state index in [9.17, 15) is 14.8 Å². The van der Waals surface area contributed by atoms with Crippen molar-refractivity contribution in [3.8, 4) is 0 Å². The number of hydrogen-bond acceptors (Lipinski definition) is 4. The molecule has 4 atom stereocenters. The van der Waals surface area contributed by atoms with Gasteiger partial charge in [-0.15, -0.1) is 0 Å². The first-order valence-electron chi connectivity index (χ1n) is 8.91. The van der Waals surface area contributed by atoms with Gasteiger partial charge in [0.2, 0.25) is 0 Å². The molecule has 0 heterocycles. The van der Waals surface area contributed by atoms with Crippen molar-refractivity contribution in [1.82, 2.24) is 0 Å². The Morgan fingerprint density at radius 2 is 2.04 bits per heavy atom. The van der Waals surface area contributed by atoms with Crippen LogP contribution in [-0.2, 0) is 14.5 Å². The first-order chi connectivity index (χ1) is 11.1. The summed E-state index contributed by atoms with van der Waals surface area (Å²) in [5.74, 6) is 1.27. The SMILES string of the molecule is CC[C@]12CC(OO)C3=C4CCC(=O)C=C4CC[C@H]3[C@@H]1CCC2=O. The number of allylic oxidation sites excluding steroid dienone is 3. The third kappa shape index (κ3) is 2.04. The summed E-state index contributed by atoms with van der Waals surface area (Å²) >= 11 is 0. The van der Waals surface area contributed by atoms with Crippen molar-refractivity contribution < 1.29 is 19.7 Å². The fraction of sp³-hybridized carbons (Fsp3) is 0.684. The van der Waals surface area contributed by atoms with Crippen LogP contribution in [0.15, 0.2) is 22.8 Å². The highest BCUT2D eigenvalue weighted by Crippen LogP contribution is 2.60. The van der Waals surface area contributed by atoms with E-state index in [0.717, 1.165) is 37.7 Å². The summed E-state index contributed by atoms with van der Waals surface area (Å²) in [6.45, 7) is 2.09. The van der Waals surface area contributed by atoms with E-state index in [2.05, 4.69) is 6.92 Å². The molecule has 0 aromatic carbocycles. The van der Waals surface area contributed by atoms with Crippen LogP contribution in [0.4, 0.5) is 0 Å². The number of carbonyl (C=O) groups is 2. The molecule has 2 fully saturated rings. The maximum absolute atomic E-state index is 12.6. The molecule has 0 amide bonds. The smallest absolute Gasteiger partial charge is 0.156 e. The van der Waals surface area contributed by atoms with Gasteiger partial charge < -0.3 is 0 Å². The highest BCUT2D eigenvalue weighted by molar-refractivity contribution is 5.93. The average molecular weight is 316 g/mol. The average Bonchev–Trinajstić information content (AvgIpc) is 2.90. The van der Waals surface area contributed by atoms with E-state index >= 15 is 0 Å². The van der Waals surface area contributed by atoms with Crippen molar-refractivity contribution in [2.45, 2.75) is 64.4 Å². The van der Waals surface area contributed by atoms with Gasteiger partial charge in [0.15, 0.2) is 5.78 Å². The number of carbonyl (C=O) groups excluding carboxylic acids is 2. The second-order valence-electron chi connectivity index (χ2n) is 7.59. The lowest BCUT2D eigenvalue weighted by atomic mass is 9.55. The third-order valence-corrected chi connectivity index (χ3v) is 6.90. The molecular weight excluding hydrogens is 292 g/mol. The van der Waals surface area contributed by atoms with Crippen molar-refractivity contribution in [3.05, 3.63) is 22.8 Å². The van der Waals surface area contributed by atoms with Crippen LogP contribution in [0.5, 0.6) is 0 Å². The summed E-state index contributed by atoms with van der Waals surface area (Å²) < 4.78 is 0. The van der Waals surface area contributed by atoms with E-state index in [-0.39, 0.29) is 17.3 Å². The molecule has 1 unspecified atom stereocenters. The van der Waals surface area contributed by atoms with Crippen molar-refractivity contribution in [2.75, 3.05) is 0 Å². The van der Waals surface area contributed by atoms with Gasteiger partial charge in [-0.3, -0.25) is 14.8 Å². The van der Waals surface area contributed by atoms with Gasteiger partial charge in [0, 0.05) is 18.3 Å². The van der Waals surface area contributed by atoms with Gasteiger partial charge in [0.25, 0.3) is 0 Å². The molecule has 0 saturated heterocycles. The van der Waals surface area contributed by atoms with E-state index in [1.807, 2.05) is 0 Å². The Labute approximate surface area is 136 Å². The molecule has 0 aromatic heterocycles. The molecule has 0 radical (unpaired) electrons. The number of rotatable bonds is 2. The molecular formula is C19H24O4. The molecule has 124 valence electrons. The Bertz CT molecular complexity index is 629. The van der Waals surface area contributed by atoms with Crippen molar-refractivity contribution in [3.63, 3.8) is 0 Å². The molecule has 0 aliphatic heterocycles. The lowest BCUT2D eigenvalue weighted by molar-refractivity contribution is -0.281. The molecule has 4 aliphatic rings. The number of fused-ring (bicyclic) bond motifs is 4. The van der Waals surface area contributed by atoms with Crippen LogP contribution in [-0.4, -0.2) is 22.9 Å². The molecule has 1 N–H and O–H groups in total. The maximum atomic E-state index is 12.6. The Hall–Kier alpha value is -1.26. The van der Waals surface area contributed by atoms with Gasteiger partial charge in [-0.25, -0.2) is 4.89 Å². The van der Waals surface area contributed by atoms with Crippen LogP contribution in [0.25, 0.3) is 0 Å². The van der Waals surface area contributed by atoms with Crippen molar-refractivity contribution in [2.24, 2.45) is 17.3 Å². The van der Waals surface area contributed by atoms with Gasteiger partial charge in [-0.2, -0.15) is 0 Å². The fourth-order valence-electron chi connectivity index (χ4n) is 5.87. The van der Waals surface area contributed by atoms with Crippen molar-refractivity contribution in [1.29, 1.82) is 0 Å². The normalized spacial score (nSPS) is 39.7. The molecule has 23 heavy (non-hydrogen) atoms. The Kier molecular flexibility index (Phi) is 3.58. The van der Waals surface area contributed by atoms with Crippen LogP contribution < -0.4 is 0 Å². The zero-order valence-corrected chi connectivity index (χ0v) is 13.6. The van der Waals surface area contributed by atoms with Crippen LogP contribution in [0, 0.1) is 17.3 Å². The molecule has 4 rings (SSSR count). The standard InChI is InChI=1S/C19H24O4/c1-2-19-10-16(23-22)18-13-6-4-12(20)9-11(13)3-5-14(18)15(19)7-8-17(19)21/h9,14-16,22H,2-8,10H2,1H3/t14-,15-,16?,19-/m0/s1. The molecule has 0 aromatic rings. The van der Waals surface area contributed by atoms with Crippen LogP contribution in [0.3, 0.4) is 0 Å². The first kappa shape index (κ1) is 15.3. The second kappa shape index (κ2) is 5.38. The predicted octanol–water partition coefficient (Wildman–Crippen LogP) is 3.62. The highest BCUT2D eigenvalue weighted by Gasteiger charge is 2.58. The van der Waals surface area contributed by atoms with Gasteiger partial charge in [-0.05, 0) is 73.2 Å². The van der Waals surface area contributed by atoms with Gasteiger partial charge in [-0.1, -0.05) is 6.92 Å². The minimum absolute atomic E-state index is 0.207. The Morgan fingerprint density at radius 1 is 1.22 bits per heavy atom. The number of ketones is 2. The van der Waals surface area contributed by atoms with Crippen molar-refractivity contribution >= 4 is 11.6 Å². The minimum Gasteiger partial charge on any atom is -0.299 e. The molecule has 0 bridgehead atoms. The van der Waals surface area contributed by atoms with E-state index in [0.29, 0.717) is 36.9 Å². The Balaban J connectivity index is 1.83. The first-order valence-corrected chi connectivity index (χ1v) is 8.91. The summed E-state index contributed by atoms with van der Waals surface area (Å²) in [4.78, 5) is 29.2. The quantitative estimate of drug-likeness (QED) is 0.624. The highest BCUT2D eigenvalue weighted by atomic mass is 17.1. The van der Waals surface area contributed by atoms with Gasteiger partial charge in [0.1, 0.15) is 11.9 Å². The van der Waals surface area contributed by atoms with Crippen LogP contribution in [0.1, 0.15) is 58.3 Å². The van der Waals surface area contributed by atoms with Crippen LogP contribution >= 0.6 is 0 Å². The fourth-order valence-corrected chi connectivity index (χ4v) is 5.87. The van der Waals surface area contributed by atoms with E-state index in [4.69, 9.17) is 4.89 Å². The predicted molar refractivity (Wildman–Crippen MR) is 84.6 cm³/mol. The van der Waals surface area contributed by atoms with Crippen LogP contribution in [0.2, 0.25) is 0 Å². The largest absolute Gasteiger partial charge is 0.299 e.